The van der Waals surface area contributed by atoms with Crippen molar-refractivity contribution in [1.82, 2.24) is 14.8 Å². The normalized spacial score (nSPS) is 10.3. The van der Waals surface area contributed by atoms with Crippen LogP contribution in [0.5, 0.6) is 0 Å². The Labute approximate surface area is 89.0 Å². The van der Waals surface area contributed by atoms with Crippen LogP contribution in [0.4, 0.5) is 5.69 Å². The van der Waals surface area contributed by atoms with Gasteiger partial charge in [-0.1, -0.05) is 17.7 Å². The monoisotopic (exact) mass is 202 g/mol. The third-order valence-corrected chi connectivity index (χ3v) is 2.31. The molecule has 0 unspecified atom stereocenters. The van der Waals surface area contributed by atoms with Crippen LogP contribution >= 0.6 is 0 Å². The topological polar surface area (TPSA) is 42.7 Å². The molecule has 0 aliphatic rings. The highest BCUT2D eigenvalue weighted by atomic mass is 15.3. The summed E-state index contributed by atoms with van der Waals surface area (Å²) in [4.78, 5) is 4.14. The summed E-state index contributed by atoms with van der Waals surface area (Å²) < 4.78 is 1.77. The van der Waals surface area contributed by atoms with Gasteiger partial charge in [-0.25, -0.2) is 4.98 Å². The minimum atomic E-state index is 0.694. The summed E-state index contributed by atoms with van der Waals surface area (Å²) in [6.45, 7) is 2.77. The maximum absolute atomic E-state index is 4.14. The van der Waals surface area contributed by atoms with E-state index in [0.717, 1.165) is 11.5 Å². The Balaban J connectivity index is 1.99. The average molecular weight is 202 g/mol. The van der Waals surface area contributed by atoms with Gasteiger partial charge in [0.2, 0.25) is 0 Å². The second-order valence-corrected chi connectivity index (χ2v) is 3.52. The Morgan fingerprint density at radius 2 is 2.00 bits per heavy atom. The largest absolute Gasteiger partial charge is 0.378 e. The number of hydrogen-bond donors (Lipinski definition) is 1. The lowest BCUT2D eigenvalue weighted by molar-refractivity contribution is 0.712. The van der Waals surface area contributed by atoms with Crippen molar-refractivity contribution < 1.29 is 0 Å². The molecular formula is C11H14N4. The molecule has 0 saturated heterocycles. The number of hydrogen-bond acceptors (Lipinski definition) is 3. The zero-order valence-electron chi connectivity index (χ0n) is 8.94. The first-order chi connectivity index (χ1) is 7.25. The minimum Gasteiger partial charge on any atom is -0.378 e. The van der Waals surface area contributed by atoms with Gasteiger partial charge in [-0.05, 0) is 19.1 Å². The molecule has 2 rings (SSSR count). The quantitative estimate of drug-likeness (QED) is 0.824. The fourth-order valence-corrected chi connectivity index (χ4v) is 1.33. The fraction of sp³-hybridized carbons (Fsp3) is 0.273. The van der Waals surface area contributed by atoms with Gasteiger partial charge in [0, 0.05) is 12.7 Å². The first-order valence-electron chi connectivity index (χ1n) is 4.89. The number of anilines is 1. The Hall–Kier alpha value is -1.84. The van der Waals surface area contributed by atoms with Crippen molar-refractivity contribution in [2.24, 2.45) is 7.05 Å². The third kappa shape index (κ3) is 2.34. The lowest BCUT2D eigenvalue weighted by atomic mass is 10.2. The summed E-state index contributed by atoms with van der Waals surface area (Å²) in [5.74, 6) is 0.926. The van der Waals surface area contributed by atoms with Crippen LogP contribution in [0, 0.1) is 6.92 Å². The van der Waals surface area contributed by atoms with E-state index in [1.54, 1.807) is 11.0 Å². The van der Waals surface area contributed by atoms with Crippen molar-refractivity contribution in [1.29, 1.82) is 0 Å². The van der Waals surface area contributed by atoms with Crippen LogP contribution in [-0.2, 0) is 13.6 Å². The summed E-state index contributed by atoms with van der Waals surface area (Å²) in [6.07, 6.45) is 1.56. The number of nitrogens with one attached hydrogen (secondary N) is 1. The second kappa shape index (κ2) is 4.13. The number of aryl methyl sites for hydroxylation is 2. The van der Waals surface area contributed by atoms with Crippen LogP contribution in [0.3, 0.4) is 0 Å². The van der Waals surface area contributed by atoms with E-state index < -0.39 is 0 Å². The molecule has 0 fully saturated rings. The molecular weight excluding hydrogens is 188 g/mol. The van der Waals surface area contributed by atoms with Crippen molar-refractivity contribution in [3.8, 4) is 0 Å². The van der Waals surface area contributed by atoms with E-state index in [1.165, 1.54) is 5.56 Å². The van der Waals surface area contributed by atoms with E-state index in [4.69, 9.17) is 0 Å². The van der Waals surface area contributed by atoms with Crippen LogP contribution in [0.1, 0.15) is 11.4 Å². The highest BCUT2D eigenvalue weighted by Crippen LogP contribution is 2.09. The molecule has 0 bridgehead atoms. The molecule has 1 N–H and O–H groups in total. The smallest absolute Gasteiger partial charge is 0.145 e. The standard InChI is InChI=1S/C11H14N4/c1-9-3-5-10(6-4-9)12-7-11-13-8-14-15(11)2/h3-6,8,12H,7H2,1-2H3. The molecule has 4 nitrogen and oxygen atoms in total. The zero-order chi connectivity index (χ0) is 10.7. The maximum atomic E-state index is 4.14. The van der Waals surface area contributed by atoms with Crippen molar-refractivity contribution >= 4 is 5.69 Å². The van der Waals surface area contributed by atoms with E-state index in [9.17, 15) is 0 Å². The number of nitrogens with zero attached hydrogens (tertiary/aromatic N) is 3. The summed E-state index contributed by atoms with van der Waals surface area (Å²) in [5, 5.41) is 7.30. The highest BCUT2D eigenvalue weighted by molar-refractivity contribution is 5.44. The molecule has 1 aromatic heterocycles. The maximum Gasteiger partial charge on any atom is 0.145 e. The SMILES string of the molecule is Cc1ccc(NCc2ncnn2C)cc1. The van der Waals surface area contributed by atoms with Crippen LogP contribution in [0.15, 0.2) is 30.6 Å². The Morgan fingerprint density at radius 1 is 1.27 bits per heavy atom. The third-order valence-electron chi connectivity index (χ3n) is 2.31. The second-order valence-electron chi connectivity index (χ2n) is 3.52. The molecule has 1 aromatic carbocycles. The van der Waals surface area contributed by atoms with Gasteiger partial charge in [-0.2, -0.15) is 5.10 Å². The van der Waals surface area contributed by atoms with Gasteiger partial charge in [0.05, 0.1) is 6.54 Å². The first kappa shape index (κ1) is 9.71. The molecule has 0 aliphatic heterocycles. The Bertz CT molecular complexity index is 430. The number of benzene rings is 1. The van der Waals surface area contributed by atoms with Crippen molar-refractivity contribution in [2.75, 3.05) is 5.32 Å². The predicted molar refractivity (Wildman–Crippen MR) is 59.5 cm³/mol. The highest BCUT2D eigenvalue weighted by Gasteiger charge is 1.99. The van der Waals surface area contributed by atoms with Crippen LogP contribution < -0.4 is 5.32 Å². The summed E-state index contributed by atoms with van der Waals surface area (Å²) in [5.41, 5.74) is 2.36. The first-order valence-corrected chi connectivity index (χ1v) is 4.89. The summed E-state index contributed by atoms with van der Waals surface area (Å²) in [7, 11) is 1.89. The molecule has 2 aromatic rings. The predicted octanol–water partition coefficient (Wildman–Crippen LogP) is 1.74. The lowest BCUT2D eigenvalue weighted by Gasteiger charge is -2.05. The lowest BCUT2D eigenvalue weighted by Crippen LogP contribution is -2.06. The summed E-state index contributed by atoms with van der Waals surface area (Å²) >= 11 is 0. The molecule has 0 spiro atoms. The van der Waals surface area contributed by atoms with Crippen molar-refractivity contribution in [3.63, 3.8) is 0 Å². The van der Waals surface area contributed by atoms with Crippen LogP contribution in [-0.4, -0.2) is 14.8 Å². The minimum absolute atomic E-state index is 0.694. The van der Waals surface area contributed by atoms with E-state index in [1.807, 2.05) is 7.05 Å². The van der Waals surface area contributed by atoms with E-state index in [0.29, 0.717) is 6.54 Å². The molecule has 4 heteroatoms. The zero-order valence-corrected chi connectivity index (χ0v) is 8.94. The molecule has 0 radical (unpaired) electrons. The van der Waals surface area contributed by atoms with Gasteiger partial charge in [0.1, 0.15) is 12.2 Å². The van der Waals surface area contributed by atoms with Crippen molar-refractivity contribution in [3.05, 3.63) is 42.0 Å². The molecule has 0 amide bonds. The van der Waals surface area contributed by atoms with Crippen molar-refractivity contribution in [2.45, 2.75) is 13.5 Å². The van der Waals surface area contributed by atoms with Gasteiger partial charge < -0.3 is 5.32 Å². The summed E-state index contributed by atoms with van der Waals surface area (Å²) in [6, 6.07) is 8.29. The molecule has 1 heterocycles. The van der Waals surface area contributed by atoms with Gasteiger partial charge in [0.25, 0.3) is 0 Å². The molecule has 15 heavy (non-hydrogen) atoms. The van der Waals surface area contributed by atoms with E-state index in [-0.39, 0.29) is 0 Å². The molecule has 0 aliphatic carbocycles. The van der Waals surface area contributed by atoms with Gasteiger partial charge in [0.15, 0.2) is 0 Å². The molecule has 0 saturated carbocycles. The van der Waals surface area contributed by atoms with Gasteiger partial charge in [-0.3, -0.25) is 4.68 Å². The average Bonchev–Trinajstić information content (AvgIpc) is 2.63. The fourth-order valence-electron chi connectivity index (χ4n) is 1.33. The van der Waals surface area contributed by atoms with E-state index >= 15 is 0 Å². The van der Waals surface area contributed by atoms with Gasteiger partial charge in [-0.15, -0.1) is 0 Å². The van der Waals surface area contributed by atoms with Crippen LogP contribution in [0.2, 0.25) is 0 Å². The van der Waals surface area contributed by atoms with Gasteiger partial charge >= 0.3 is 0 Å². The molecule has 78 valence electrons. The number of aromatic nitrogens is 3. The Morgan fingerprint density at radius 3 is 2.60 bits per heavy atom. The van der Waals surface area contributed by atoms with E-state index in [2.05, 4.69) is 46.6 Å². The number of rotatable bonds is 3. The molecule has 0 atom stereocenters. The van der Waals surface area contributed by atoms with Crippen LogP contribution in [0.25, 0.3) is 0 Å². The Kier molecular flexibility index (Phi) is 2.67.